The molecule has 0 aliphatic rings. The van der Waals surface area contributed by atoms with E-state index in [1.165, 1.54) is 11.3 Å². The zero-order valence-corrected chi connectivity index (χ0v) is 14.0. The van der Waals surface area contributed by atoms with Gasteiger partial charge in [-0.3, -0.25) is 14.5 Å². The van der Waals surface area contributed by atoms with E-state index in [0.29, 0.717) is 18.7 Å². The number of nitrogens with zero attached hydrogens (tertiary/aromatic N) is 3. The standard InChI is InChI=1S/C17H24N4O/c1-6-15-13(4)20-21(14(15)5)10-9-18-17(22)16-8-7-11(2)19-12(16)3/h7-8H,6,9-10H2,1-5H3,(H,18,22). The van der Waals surface area contributed by atoms with Crippen molar-refractivity contribution in [2.45, 2.75) is 47.6 Å². The van der Waals surface area contributed by atoms with Crippen LogP contribution in [0.25, 0.3) is 0 Å². The summed E-state index contributed by atoms with van der Waals surface area (Å²) in [4.78, 5) is 16.5. The molecule has 22 heavy (non-hydrogen) atoms. The number of aromatic nitrogens is 3. The second kappa shape index (κ2) is 6.73. The third kappa shape index (κ3) is 3.35. The molecule has 0 fully saturated rings. The van der Waals surface area contributed by atoms with Gasteiger partial charge in [-0.05, 0) is 51.8 Å². The van der Waals surface area contributed by atoms with E-state index in [0.717, 1.165) is 23.5 Å². The van der Waals surface area contributed by atoms with Gasteiger partial charge in [0.1, 0.15) is 0 Å². The largest absolute Gasteiger partial charge is 0.350 e. The number of hydrogen-bond donors (Lipinski definition) is 1. The Morgan fingerprint density at radius 2 is 1.91 bits per heavy atom. The number of nitrogens with one attached hydrogen (secondary N) is 1. The molecule has 2 aromatic rings. The van der Waals surface area contributed by atoms with Crippen LogP contribution in [-0.2, 0) is 13.0 Å². The minimum absolute atomic E-state index is 0.0813. The van der Waals surface area contributed by atoms with Crippen molar-refractivity contribution in [3.05, 3.63) is 46.0 Å². The maximum Gasteiger partial charge on any atom is 0.253 e. The first-order chi connectivity index (χ1) is 10.4. The molecule has 2 heterocycles. The maximum atomic E-state index is 12.2. The number of hydrogen-bond acceptors (Lipinski definition) is 3. The maximum absolute atomic E-state index is 12.2. The highest BCUT2D eigenvalue weighted by molar-refractivity contribution is 5.95. The van der Waals surface area contributed by atoms with E-state index in [1.54, 1.807) is 0 Å². The molecule has 0 atom stereocenters. The zero-order chi connectivity index (χ0) is 16.3. The molecule has 0 spiro atoms. The first-order valence-corrected chi connectivity index (χ1v) is 7.69. The summed E-state index contributed by atoms with van der Waals surface area (Å²) in [6.45, 7) is 11.3. The van der Waals surface area contributed by atoms with Gasteiger partial charge in [0.25, 0.3) is 5.91 Å². The third-order valence-corrected chi connectivity index (χ3v) is 3.96. The summed E-state index contributed by atoms with van der Waals surface area (Å²) >= 11 is 0. The number of carbonyl (C=O) groups is 1. The molecule has 5 heteroatoms. The Kier molecular flexibility index (Phi) is 4.96. The van der Waals surface area contributed by atoms with E-state index >= 15 is 0 Å². The lowest BCUT2D eigenvalue weighted by Gasteiger charge is -2.09. The fourth-order valence-electron chi connectivity index (χ4n) is 2.76. The van der Waals surface area contributed by atoms with Gasteiger partial charge < -0.3 is 5.32 Å². The van der Waals surface area contributed by atoms with E-state index in [2.05, 4.69) is 29.2 Å². The van der Waals surface area contributed by atoms with E-state index in [4.69, 9.17) is 0 Å². The SMILES string of the molecule is CCc1c(C)nn(CCNC(=O)c2ccc(C)nc2C)c1C. The summed E-state index contributed by atoms with van der Waals surface area (Å²) in [6, 6.07) is 3.68. The van der Waals surface area contributed by atoms with Crippen LogP contribution in [0.15, 0.2) is 12.1 Å². The van der Waals surface area contributed by atoms with Crippen molar-refractivity contribution in [1.29, 1.82) is 0 Å². The molecule has 0 bridgehead atoms. The van der Waals surface area contributed by atoms with Gasteiger partial charge in [-0.15, -0.1) is 0 Å². The van der Waals surface area contributed by atoms with Gasteiger partial charge >= 0.3 is 0 Å². The highest BCUT2D eigenvalue weighted by Crippen LogP contribution is 2.13. The van der Waals surface area contributed by atoms with Gasteiger partial charge in [0.2, 0.25) is 0 Å². The average Bonchev–Trinajstić information content (AvgIpc) is 2.72. The Bertz CT molecular complexity index is 688. The van der Waals surface area contributed by atoms with Crippen molar-refractivity contribution in [1.82, 2.24) is 20.1 Å². The lowest BCUT2D eigenvalue weighted by molar-refractivity contribution is 0.0951. The van der Waals surface area contributed by atoms with Crippen molar-refractivity contribution < 1.29 is 4.79 Å². The molecule has 0 aromatic carbocycles. The number of rotatable bonds is 5. The van der Waals surface area contributed by atoms with E-state index < -0.39 is 0 Å². The summed E-state index contributed by atoms with van der Waals surface area (Å²) in [6.07, 6.45) is 0.984. The fraction of sp³-hybridized carbons (Fsp3) is 0.471. The molecule has 0 aliphatic carbocycles. The Balaban J connectivity index is 1.98. The van der Waals surface area contributed by atoms with Gasteiger partial charge in [0, 0.05) is 17.9 Å². The van der Waals surface area contributed by atoms with Crippen molar-refractivity contribution >= 4 is 5.91 Å². The number of pyridine rings is 1. The Labute approximate surface area is 131 Å². The molecule has 5 nitrogen and oxygen atoms in total. The van der Waals surface area contributed by atoms with Crippen molar-refractivity contribution in [3.8, 4) is 0 Å². The van der Waals surface area contributed by atoms with Crippen LogP contribution < -0.4 is 5.32 Å². The van der Waals surface area contributed by atoms with Crippen molar-refractivity contribution in [2.75, 3.05) is 6.54 Å². The van der Waals surface area contributed by atoms with Crippen LogP contribution in [0.5, 0.6) is 0 Å². The monoisotopic (exact) mass is 300 g/mol. The lowest BCUT2D eigenvalue weighted by Crippen LogP contribution is -2.28. The quantitative estimate of drug-likeness (QED) is 0.923. The molecule has 0 saturated carbocycles. The minimum Gasteiger partial charge on any atom is -0.350 e. The lowest BCUT2D eigenvalue weighted by atomic mass is 10.1. The Hall–Kier alpha value is -2.17. The Morgan fingerprint density at radius 3 is 2.50 bits per heavy atom. The first kappa shape index (κ1) is 16.2. The molecule has 118 valence electrons. The Morgan fingerprint density at radius 1 is 1.18 bits per heavy atom. The van der Waals surface area contributed by atoms with Crippen molar-refractivity contribution in [3.63, 3.8) is 0 Å². The van der Waals surface area contributed by atoms with E-state index in [1.807, 2.05) is 37.6 Å². The minimum atomic E-state index is -0.0813. The highest BCUT2D eigenvalue weighted by Gasteiger charge is 2.11. The van der Waals surface area contributed by atoms with Gasteiger partial charge in [-0.2, -0.15) is 5.10 Å². The predicted molar refractivity (Wildman–Crippen MR) is 87.1 cm³/mol. The topological polar surface area (TPSA) is 59.8 Å². The molecule has 0 radical (unpaired) electrons. The average molecular weight is 300 g/mol. The van der Waals surface area contributed by atoms with Gasteiger partial charge in [-0.25, -0.2) is 0 Å². The molecule has 2 aromatic heterocycles. The first-order valence-electron chi connectivity index (χ1n) is 7.69. The highest BCUT2D eigenvalue weighted by atomic mass is 16.1. The van der Waals surface area contributed by atoms with Crippen molar-refractivity contribution in [2.24, 2.45) is 0 Å². The van der Waals surface area contributed by atoms with Crippen LogP contribution in [0.2, 0.25) is 0 Å². The van der Waals surface area contributed by atoms with Crippen LogP contribution in [0.4, 0.5) is 0 Å². The molecular formula is C17H24N4O. The third-order valence-electron chi connectivity index (χ3n) is 3.96. The molecule has 0 aliphatic heterocycles. The number of amides is 1. The molecule has 1 amide bonds. The van der Waals surface area contributed by atoms with Gasteiger partial charge in [-0.1, -0.05) is 6.92 Å². The second-order valence-corrected chi connectivity index (χ2v) is 5.57. The van der Waals surface area contributed by atoms with Crippen LogP contribution >= 0.6 is 0 Å². The molecule has 2 rings (SSSR count). The predicted octanol–water partition coefficient (Wildman–Crippen LogP) is 2.50. The fourth-order valence-corrected chi connectivity index (χ4v) is 2.76. The molecule has 0 saturated heterocycles. The molecule has 1 N–H and O–H groups in total. The summed E-state index contributed by atoms with van der Waals surface area (Å²) < 4.78 is 1.97. The summed E-state index contributed by atoms with van der Waals surface area (Å²) in [5.41, 5.74) is 5.87. The second-order valence-electron chi connectivity index (χ2n) is 5.57. The van der Waals surface area contributed by atoms with Crippen LogP contribution in [0.1, 0.15) is 45.6 Å². The van der Waals surface area contributed by atoms with Crippen LogP contribution in [-0.4, -0.2) is 27.2 Å². The van der Waals surface area contributed by atoms with E-state index in [9.17, 15) is 4.79 Å². The summed E-state index contributed by atoms with van der Waals surface area (Å²) in [5, 5.41) is 7.47. The van der Waals surface area contributed by atoms with Gasteiger partial charge in [0.05, 0.1) is 23.5 Å². The van der Waals surface area contributed by atoms with E-state index in [-0.39, 0.29) is 5.91 Å². The smallest absolute Gasteiger partial charge is 0.253 e. The van der Waals surface area contributed by atoms with Crippen LogP contribution in [0, 0.1) is 27.7 Å². The number of carbonyl (C=O) groups excluding carboxylic acids is 1. The zero-order valence-electron chi connectivity index (χ0n) is 14.0. The van der Waals surface area contributed by atoms with Gasteiger partial charge in [0.15, 0.2) is 0 Å². The summed E-state index contributed by atoms with van der Waals surface area (Å²) in [7, 11) is 0. The summed E-state index contributed by atoms with van der Waals surface area (Å²) in [5.74, 6) is -0.0813. The molecular weight excluding hydrogens is 276 g/mol. The number of aryl methyl sites for hydroxylation is 3. The molecule has 0 unspecified atom stereocenters. The normalized spacial score (nSPS) is 10.8. The van der Waals surface area contributed by atoms with Crippen LogP contribution in [0.3, 0.4) is 0 Å².